The molecule has 3 heterocycles. The fraction of sp³-hybridized carbons (Fsp3) is 0.292. The molecule has 0 amide bonds. The predicted molar refractivity (Wildman–Crippen MR) is 133 cm³/mol. The summed E-state index contributed by atoms with van der Waals surface area (Å²) in [4.78, 5) is 15.0. The van der Waals surface area contributed by atoms with Crippen LogP contribution < -0.4 is 10.6 Å². The predicted octanol–water partition coefficient (Wildman–Crippen LogP) is 7.29. The lowest BCUT2D eigenvalue weighted by Crippen LogP contribution is -2.11. The van der Waals surface area contributed by atoms with E-state index in [-0.39, 0.29) is 11.9 Å². The number of halogens is 1. The summed E-state index contributed by atoms with van der Waals surface area (Å²) in [5, 5.41) is 10.5. The van der Waals surface area contributed by atoms with Crippen molar-refractivity contribution in [2.75, 3.05) is 10.6 Å². The minimum Gasteiger partial charge on any atom is -0.376 e. The monoisotopic (exact) mass is 467 g/mol. The van der Waals surface area contributed by atoms with Gasteiger partial charge in [-0.05, 0) is 56.0 Å². The molecule has 0 aliphatic heterocycles. The number of hydrogen-bond acceptors (Lipinski definition) is 7. The highest BCUT2D eigenvalue weighted by Gasteiger charge is 2.14. The summed E-state index contributed by atoms with van der Waals surface area (Å²) >= 11 is 3.25. The minimum absolute atomic E-state index is 0.0257. The van der Waals surface area contributed by atoms with E-state index in [1.165, 1.54) is 0 Å². The first-order valence-corrected chi connectivity index (χ1v) is 12.3. The maximum absolute atomic E-state index is 14.2. The number of pyridine rings is 1. The molecule has 0 saturated carbocycles. The fourth-order valence-electron chi connectivity index (χ4n) is 3.42. The molecule has 8 heteroatoms. The molecule has 5 nitrogen and oxygen atoms in total. The first kappa shape index (κ1) is 22.4. The Morgan fingerprint density at radius 2 is 1.94 bits per heavy atom. The third-order valence-electron chi connectivity index (χ3n) is 5.17. The van der Waals surface area contributed by atoms with E-state index < -0.39 is 0 Å². The van der Waals surface area contributed by atoms with Gasteiger partial charge in [0.1, 0.15) is 11.6 Å². The molecule has 4 rings (SSSR count). The van der Waals surface area contributed by atoms with Gasteiger partial charge in [-0.2, -0.15) is 0 Å². The molecule has 0 saturated heterocycles. The normalized spacial score (nSPS) is 12.0. The zero-order valence-corrected chi connectivity index (χ0v) is 20.2. The molecule has 32 heavy (non-hydrogen) atoms. The lowest BCUT2D eigenvalue weighted by atomic mass is 10.1. The lowest BCUT2D eigenvalue weighted by molar-refractivity contribution is 0.622. The van der Waals surface area contributed by atoms with Gasteiger partial charge in [-0.15, -0.1) is 22.7 Å². The second kappa shape index (κ2) is 9.75. The van der Waals surface area contributed by atoms with E-state index in [4.69, 9.17) is 4.98 Å². The Hall–Kier alpha value is -2.84. The highest BCUT2D eigenvalue weighted by Crippen LogP contribution is 2.33. The molecular formula is C24H26FN5S2. The summed E-state index contributed by atoms with van der Waals surface area (Å²) in [5.41, 5.74) is 4.38. The van der Waals surface area contributed by atoms with Gasteiger partial charge in [0.15, 0.2) is 5.13 Å². The molecule has 0 fully saturated rings. The molecule has 1 aromatic carbocycles. The third kappa shape index (κ3) is 4.97. The molecule has 1 unspecified atom stereocenters. The first-order valence-electron chi connectivity index (χ1n) is 10.6. The van der Waals surface area contributed by atoms with Crippen LogP contribution in [0.2, 0.25) is 0 Å². The number of aromatic nitrogens is 3. The van der Waals surface area contributed by atoms with Gasteiger partial charge in [0.05, 0.1) is 33.0 Å². The number of thiazole rings is 2. The van der Waals surface area contributed by atoms with Crippen LogP contribution in [0.25, 0.3) is 10.6 Å². The number of rotatable bonds is 8. The number of nitrogens with zero attached hydrogens (tertiary/aromatic N) is 3. The molecule has 0 radical (unpaired) electrons. The largest absolute Gasteiger partial charge is 0.376 e. The van der Waals surface area contributed by atoms with Gasteiger partial charge in [0.25, 0.3) is 0 Å². The molecule has 166 valence electrons. The molecule has 0 aliphatic carbocycles. The summed E-state index contributed by atoms with van der Waals surface area (Å²) in [6, 6.07) is 9.15. The van der Waals surface area contributed by atoms with E-state index in [2.05, 4.69) is 34.4 Å². The number of hydrogen-bond donors (Lipinski definition) is 2. The molecular weight excluding hydrogens is 441 g/mol. The van der Waals surface area contributed by atoms with Crippen LogP contribution in [0.3, 0.4) is 0 Å². The van der Waals surface area contributed by atoms with E-state index in [0.29, 0.717) is 5.69 Å². The van der Waals surface area contributed by atoms with Gasteiger partial charge in [-0.1, -0.05) is 26.0 Å². The topological polar surface area (TPSA) is 62.7 Å². The van der Waals surface area contributed by atoms with Crippen molar-refractivity contribution in [2.45, 2.75) is 46.6 Å². The van der Waals surface area contributed by atoms with Crippen LogP contribution in [0.15, 0.2) is 41.9 Å². The summed E-state index contributed by atoms with van der Waals surface area (Å²) in [5.74, 6) is 0.484. The van der Waals surface area contributed by atoms with Crippen LogP contribution in [-0.4, -0.2) is 15.0 Å². The van der Waals surface area contributed by atoms with Crippen molar-refractivity contribution < 1.29 is 4.39 Å². The van der Waals surface area contributed by atoms with Gasteiger partial charge in [-0.25, -0.2) is 19.3 Å². The molecule has 0 aliphatic rings. The van der Waals surface area contributed by atoms with Crippen molar-refractivity contribution in [1.82, 2.24) is 15.0 Å². The standard InChI is InChI=1S/C24H26FN5S2/c1-5-18(28-19-9-7-14(3)11-17(19)25)16-8-10-21(26-12-16)30-24-29-20(13-31-24)23-15(4)27-22(6-2)32-23/h7-13,18,28H,5-6H2,1-4H3,(H,26,29,30). The summed E-state index contributed by atoms with van der Waals surface area (Å²) in [7, 11) is 0. The molecule has 0 bridgehead atoms. The first-order chi connectivity index (χ1) is 15.5. The fourth-order valence-corrected chi connectivity index (χ4v) is 5.17. The Morgan fingerprint density at radius 1 is 1.09 bits per heavy atom. The second-order valence-electron chi connectivity index (χ2n) is 7.60. The van der Waals surface area contributed by atoms with Crippen molar-refractivity contribution in [3.8, 4) is 10.6 Å². The van der Waals surface area contributed by atoms with Gasteiger partial charge in [0, 0.05) is 11.6 Å². The smallest absolute Gasteiger partial charge is 0.188 e. The molecule has 0 spiro atoms. The Kier molecular flexibility index (Phi) is 6.81. The van der Waals surface area contributed by atoms with Gasteiger partial charge < -0.3 is 10.6 Å². The average Bonchev–Trinajstić information content (AvgIpc) is 3.40. The second-order valence-corrected chi connectivity index (χ2v) is 9.55. The Labute approximate surface area is 195 Å². The zero-order chi connectivity index (χ0) is 22.7. The maximum Gasteiger partial charge on any atom is 0.188 e. The molecule has 3 aromatic heterocycles. The number of aryl methyl sites for hydroxylation is 3. The highest BCUT2D eigenvalue weighted by molar-refractivity contribution is 7.16. The molecule has 1 atom stereocenters. The highest BCUT2D eigenvalue weighted by atomic mass is 32.1. The lowest BCUT2D eigenvalue weighted by Gasteiger charge is -2.19. The Balaban J connectivity index is 1.45. The van der Waals surface area contributed by atoms with Crippen molar-refractivity contribution in [3.63, 3.8) is 0 Å². The van der Waals surface area contributed by atoms with E-state index in [0.717, 1.165) is 56.2 Å². The van der Waals surface area contributed by atoms with Crippen LogP contribution in [-0.2, 0) is 6.42 Å². The van der Waals surface area contributed by atoms with E-state index in [1.807, 2.05) is 43.6 Å². The summed E-state index contributed by atoms with van der Waals surface area (Å²) in [6.45, 7) is 8.09. The SMILES string of the molecule is CCc1nc(C)c(-c2csc(Nc3ccc(C(CC)Nc4ccc(C)cc4F)cn3)n2)s1. The number of anilines is 3. The van der Waals surface area contributed by atoms with Crippen molar-refractivity contribution in [3.05, 3.63) is 69.6 Å². The Morgan fingerprint density at radius 3 is 2.59 bits per heavy atom. The van der Waals surface area contributed by atoms with Gasteiger partial charge in [0.2, 0.25) is 0 Å². The van der Waals surface area contributed by atoms with Crippen LogP contribution in [0, 0.1) is 19.7 Å². The van der Waals surface area contributed by atoms with Crippen molar-refractivity contribution in [1.29, 1.82) is 0 Å². The third-order valence-corrected chi connectivity index (χ3v) is 7.25. The zero-order valence-electron chi connectivity index (χ0n) is 18.6. The Bertz CT molecular complexity index is 1200. The van der Waals surface area contributed by atoms with E-state index in [1.54, 1.807) is 34.8 Å². The van der Waals surface area contributed by atoms with Gasteiger partial charge >= 0.3 is 0 Å². The number of nitrogens with one attached hydrogen (secondary N) is 2. The molecule has 4 aromatic rings. The summed E-state index contributed by atoms with van der Waals surface area (Å²) in [6.07, 6.45) is 3.57. The minimum atomic E-state index is -0.239. The van der Waals surface area contributed by atoms with Gasteiger partial charge in [-0.3, -0.25) is 0 Å². The van der Waals surface area contributed by atoms with Crippen LogP contribution in [0.5, 0.6) is 0 Å². The average molecular weight is 468 g/mol. The van der Waals surface area contributed by atoms with Crippen LogP contribution >= 0.6 is 22.7 Å². The van der Waals surface area contributed by atoms with Crippen LogP contribution in [0.1, 0.15) is 48.1 Å². The number of benzene rings is 1. The molecule has 2 N–H and O–H groups in total. The van der Waals surface area contributed by atoms with Crippen LogP contribution in [0.4, 0.5) is 21.0 Å². The quantitative estimate of drug-likeness (QED) is 0.285. The van der Waals surface area contributed by atoms with E-state index >= 15 is 0 Å². The maximum atomic E-state index is 14.2. The van der Waals surface area contributed by atoms with E-state index in [9.17, 15) is 4.39 Å². The summed E-state index contributed by atoms with van der Waals surface area (Å²) < 4.78 is 14.2. The van der Waals surface area contributed by atoms with Crippen molar-refractivity contribution in [2.24, 2.45) is 0 Å². The van der Waals surface area contributed by atoms with Crippen molar-refractivity contribution >= 4 is 39.3 Å².